The SMILES string of the molecule is CC(C)NC(=O)c1cccc(C(=O)C[C@@H]2[C@@H]([C@@H](C)O)C(=O)N2C(C(=O)O)=P(c2ccccc2)(c2ccccc2)c2ccccc2)c1. The lowest BCUT2D eigenvalue weighted by atomic mass is 9.79. The predicted octanol–water partition coefficient (Wildman–Crippen LogP) is 3.81. The number of aliphatic hydroxyl groups excluding tert-OH is 1. The Balaban J connectivity index is 1.73. The van der Waals surface area contributed by atoms with Crippen molar-refractivity contribution in [2.45, 2.75) is 45.4 Å². The molecule has 0 bridgehead atoms. The van der Waals surface area contributed by atoms with Crippen LogP contribution in [0.3, 0.4) is 0 Å². The van der Waals surface area contributed by atoms with E-state index in [9.17, 15) is 29.4 Å². The van der Waals surface area contributed by atoms with Crippen molar-refractivity contribution < 1.29 is 29.4 Å². The van der Waals surface area contributed by atoms with Crippen LogP contribution in [-0.4, -0.2) is 62.3 Å². The van der Waals surface area contributed by atoms with Gasteiger partial charge >= 0.3 is 5.97 Å². The molecule has 4 aromatic rings. The molecule has 2 amide bonds. The lowest BCUT2D eigenvalue weighted by Crippen LogP contribution is -2.68. The van der Waals surface area contributed by atoms with E-state index in [2.05, 4.69) is 5.32 Å². The topological polar surface area (TPSA) is 124 Å². The van der Waals surface area contributed by atoms with E-state index in [4.69, 9.17) is 0 Å². The molecule has 0 unspecified atom stereocenters. The first-order valence-electron chi connectivity index (χ1n) is 15.2. The van der Waals surface area contributed by atoms with E-state index < -0.39 is 36.8 Å². The Morgan fingerprint density at radius 1 is 0.761 bits per heavy atom. The lowest BCUT2D eigenvalue weighted by Gasteiger charge is -2.50. The average molecular weight is 637 g/mol. The average Bonchev–Trinajstić information content (AvgIpc) is 3.05. The summed E-state index contributed by atoms with van der Waals surface area (Å²) in [7, 11) is 0. The zero-order valence-corrected chi connectivity index (χ0v) is 26.8. The first-order chi connectivity index (χ1) is 22.1. The normalized spacial score (nSPS) is 16.8. The van der Waals surface area contributed by atoms with Gasteiger partial charge in [0.15, 0.2) is 5.78 Å². The van der Waals surface area contributed by atoms with E-state index in [1.807, 2.05) is 105 Å². The van der Waals surface area contributed by atoms with E-state index in [1.165, 1.54) is 17.9 Å². The summed E-state index contributed by atoms with van der Waals surface area (Å²) in [6, 6.07) is 33.2. The van der Waals surface area contributed by atoms with Gasteiger partial charge in [0.1, 0.15) is 5.42 Å². The number of rotatable bonds is 11. The van der Waals surface area contributed by atoms with Gasteiger partial charge in [-0.15, -0.1) is 0 Å². The van der Waals surface area contributed by atoms with Crippen LogP contribution in [0.2, 0.25) is 0 Å². The molecule has 1 aliphatic rings. The Morgan fingerprint density at radius 2 is 1.24 bits per heavy atom. The zero-order chi connectivity index (χ0) is 33.0. The number of likely N-dealkylation sites (tertiary alicyclic amines) is 1. The van der Waals surface area contributed by atoms with Crippen molar-refractivity contribution in [3.05, 3.63) is 126 Å². The number of benzene rings is 4. The van der Waals surface area contributed by atoms with Gasteiger partial charge < -0.3 is 20.4 Å². The number of ketones is 1. The van der Waals surface area contributed by atoms with Crippen LogP contribution in [0.15, 0.2) is 115 Å². The van der Waals surface area contributed by atoms with Crippen molar-refractivity contribution in [3.8, 4) is 0 Å². The molecule has 0 radical (unpaired) electrons. The second kappa shape index (κ2) is 13.7. The van der Waals surface area contributed by atoms with Gasteiger partial charge in [0.25, 0.3) is 5.91 Å². The highest BCUT2D eigenvalue weighted by molar-refractivity contribution is 7.96. The number of carbonyl (C=O) groups is 4. The minimum absolute atomic E-state index is 0.0966. The summed E-state index contributed by atoms with van der Waals surface area (Å²) >= 11 is 0. The monoisotopic (exact) mass is 636 g/mol. The summed E-state index contributed by atoms with van der Waals surface area (Å²) in [6.45, 7) is 1.91. The maximum Gasteiger partial charge on any atom is 0.353 e. The summed E-state index contributed by atoms with van der Waals surface area (Å²) in [5, 5.41) is 26.8. The molecule has 4 aromatic carbocycles. The molecule has 0 spiro atoms. The van der Waals surface area contributed by atoms with Crippen molar-refractivity contribution in [1.29, 1.82) is 0 Å². The highest BCUT2D eigenvalue weighted by Gasteiger charge is 2.55. The number of aliphatic carboxylic acids is 1. The summed E-state index contributed by atoms with van der Waals surface area (Å²) in [6.07, 6.45) is -1.37. The molecule has 1 saturated heterocycles. The van der Waals surface area contributed by atoms with E-state index >= 15 is 0 Å². The Kier molecular flexibility index (Phi) is 9.71. The molecule has 8 nitrogen and oxygen atoms in total. The Bertz CT molecular complexity index is 1700. The number of β-lactam (4-membered cyclic amide) rings is 1. The van der Waals surface area contributed by atoms with E-state index in [0.717, 1.165) is 15.9 Å². The molecular formula is C37H37N2O6P. The third-order valence-electron chi connectivity index (χ3n) is 8.22. The number of nitrogens with zero attached hydrogens (tertiary/aromatic N) is 1. The van der Waals surface area contributed by atoms with Crippen LogP contribution in [-0.2, 0) is 9.59 Å². The molecule has 0 saturated carbocycles. The van der Waals surface area contributed by atoms with Crippen LogP contribution in [0.5, 0.6) is 0 Å². The van der Waals surface area contributed by atoms with E-state index in [0.29, 0.717) is 5.56 Å². The standard InChI is InChI=1S/C37H37N2O6P/c1-24(2)38-34(42)27-15-13-14-26(22-27)32(41)23-31-33(25(3)40)35(43)39(31)36(37(44)45)46(28-16-7-4-8-17-28,29-18-9-5-10-19-29)30-20-11-6-12-21-30/h4-22,24-25,31,33,40H,23H2,1-3H3,(H,38,42)(H,44,45)/t25-,31-,33-/m1/s1. The van der Waals surface area contributed by atoms with Gasteiger partial charge in [-0.25, -0.2) is 4.79 Å². The fourth-order valence-corrected chi connectivity index (χ4v) is 10.6. The Hall–Kier alpha value is -4.78. The number of carboxylic acid groups (broad SMARTS) is 1. The lowest BCUT2D eigenvalue weighted by molar-refractivity contribution is -0.156. The van der Waals surface area contributed by atoms with Crippen LogP contribution in [0.4, 0.5) is 0 Å². The molecule has 3 atom stereocenters. The van der Waals surface area contributed by atoms with Crippen LogP contribution >= 0.6 is 6.89 Å². The first-order valence-corrected chi connectivity index (χ1v) is 17.0. The van der Waals surface area contributed by atoms with Crippen LogP contribution < -0.4 is 21.2 Å². The molecule has 46 heavy (non-hydrogen) atoms. The molecule has 9 heteroatoms. The number of amides is 2. The number of Topliss-reactive ketones (excluding diaryl/α,β-unsaturated/α-hetero) is 1. The van der Waals surface area contributed by atoms with E-state index in [1.54, 1.807) is 18.2 Å². The molecular weight excluding hydrogens is 599 g/mol. The maximum absolute atomic E-state index is 14.0. The van der Waals surface area contributed by atoms with Gasteiger partial charge in [0, 0.05) is 30.5 Å². The van der Waals surface area contributed by atoms with E-state index in [-0.39, 0.29) is 35.1 Å². The Morgan fingerprint density at radius 3 is 1.67 bits per heavy atom. The van der Waals surface area contributed by atoms with Crippen LogP contribution in [0.1, 0.15) is 47.9 Å². The third kappa shape index (κ3) is 6.06. The molecule has 5 rings (SSSR count). The van der Waals surface area contributed by atoms with Crippen molar-refractivity contribution in [1.82, 2.24) is 10.2 Å². The summed E-state index contributed by atoms with van der Waals surface area (Å²) in [5.41, 5.74) is 0.446. The summed E-state index contributed by atoms with van der Waals surface area (Å²) < 4.78 is 0. The molecule has 236 valence electrons. The number of carboxylic acids is 1. The van der Waals surface area contributed by atoms with Crippen molar-refractivity contribution in [2.75, 3.05) is 0 Å². The zero-order valence-electron chi connectivity index (χ0n) is 25.9. The van der Waals surface area contributed by atoms with Gasteiger partial charge in [-0.05, 0) is 48.8 Å². The minimum Gasteiger partial charge on any atom is -0.477 e. The third-order valence-corrected chi connectivity index (χ3v) is 12.5. The maximum atomic E-state index is 14.0. The van der Waals surface area contributed by atoms with Gasteiger partial charge in [0.05, 0.1) is 18.1 Å². The van der Waals surface area contributed by atoms with Crippen LogP contribution in [0.25, 0.3) is 0 Å². The highest BCUT2D eigenvalue weighted by atomic mass is 31.2. The molecule has 0 aromatic heterocycles. The van der Waals surface area contributed by atoms with Crippen molar-refractivity contribution in [3.63, 3.8) is 0 Å². The fourth-order valence-electron chi connectivity index (χ4n) is 6.24. The van der Waals surface area contributed by atoms with Gasteiger partial charge in [0.2, 0.25) is 5.91 Å². The fraction of sp³-hybridized carbons (Fsp3) is 0.216. The molecule has 1 fully saturated rings. The smallest absolute Gasteiger partial charge is 0.353 e. The van der Waals surface area contributed by atoms with Gasteiger partial charge in [-0.3, -0.25) is 14.4 Å². The molecule has 3 N–H and O–H groups in total. The van der Waals surface area contributed by atoms with Gasteiger partial charge in [-0.1, -0.05) is 103 Å². The molecule has 1 aliphatic heterocycles. The largest absolute Gasteiger partial charge is 0.477 e. The molecule has 0 aliphatic carbocycles. The second-order valence-corrected chi connectivity index (χ2v) is 15.0. The van der Waals surface area contributed by atoms with Crippen molar-refractivity contribution >= 4 is 51.8 Å². The number of hydrogen-bond acceptors (Lipinski definition) is 5. The number of hydrogen-bond donors (Lipinski definition) is 3. The predicted molar refractivity (Wildman–Crippen MR) is 182 cm³/mol. The van der Waals surface area contributed by atoms with Crippen molar-refractivity contribution in [2.24, 2.45) is 5.92 Å². The van der Waals surface area contributed by atoms with Crippen LogP contribution in [0, 0.1) is 5.92 Å². The minimum atomic E-state index is -3.25. The summed E-state index contributed by atoms with van der Waals surface area (Å²) in [5.74, 6) is -3.53. The second-order valence-electron chi connectivity index (χ2n) is 11.7. The summed E-state index contributed by atoms with van der Waals surface area (Å²) in [4.78, 5) is 55.4. The Labute approximate surface area is 268 Å². The first kappa shape index (κ1) is 32.6. The molecule has 1 heterocycles. The number of carbonyl (C=O) groups excluding carboxylic acids is 3. The number of aliphatic hydroxyl groups is 1. The van der Waals surface area contributed by atoms with Gasteiger partial charge in [-0.2, -0.15) is 0 Å². The number of nitrogens with one attached hydrogen (secondary N) is 1. The highest BCUT2D eigenvalue weighted by Crippen LogP contribution is 2.49. The quantitative estimate of drug-likeness (QED) is 0.131.